The average molecular weight is 307 g/mol. The van der Waals surface area contributed by atoms with Crippen LogP contribution in [0.15, 0.2) is 60.9 Å². The van der Waals surface area contributed by atoms with Crippen LogP contribution in [-0.2, 0) is 4.74 Å². The molecule has 0 amide bonds. The summed E-state index contributed by atoms with van der Waals surface area (Å²) in [7, 11) is 1.65. The van der Waals surface area contributed by atoms with Gasteiger partial charge < -0.3 is 9.47 Å². The number of hydrogen-bond acceptors (Lipinski definition) is 5. The second-order valence-electron chi connectivity index (χ2n) is 4.84. The van der Waals surface area contributed by atoms with E-state index in [2.05, 4.69) is 15.0 Å². The number of aromatic nitrogens is 3. The Labute approximate surface area is 135 Å². The van der Waals surface area contributed by atoms with Crippen LogP contribution in [0.2, 0.25) is 0 Å². The Balaban J connectivity index is 2.00. The minimum atomic E-state index is 0.476. The lowest BCUT2D eigenvalue weighted by molar-refractivity contribution is 0.146. The van der Waals surface area contributed by atoms with E-state index in [4.69, 9.17) is 9.47 Å². The summed E-state index contributed by atoms with van der Waals surface area (Å²) in [5, 5.41) is 0. The van der Waals surface area contributed by atoms with Crippen LogP contribution in [0.25, 0.3) is 22.8 Å². The van der Waals surface area contributed by atoms with Crippen LogP contribution in [0.3, 0.4) is 0 Å². The fourth-order valence-electron chi connectivity index (χ4n) is 2.12. The first-order valence-electron chi connectivity index (χ1n) is 7.33. The molecule has 0 fully saturated rings. The normalized spacial score (nSPS) is 10.5. The molecule has 0 atom stereocenters. The Morgan fingerprint density at radius 1 is 0.783 bits per heavy atom. The summed E-state index contributed by atoms with van der Waals surface area (Å²) in [5.74, 6) is 0.721. The highest BCUT2D eigenvalue weighted by molar-refractivity contribution is 5.64. The molecule has 0 unspecified atom stereocenters. The molecule has 0 bridgehead atoms. The monoisotopic (exact) mass is 307 g/mol. The number of pyridine rings is 3. The number of hydrogen-bond donors (Lipinski definition) is 0. The molecule has 3 rings (SSSR count). The van der Waals surface area contributed by atoms with Crippen molar-refractivity contribution >= 4 is 0 Å². The Hall–Kier alpha value is -2.79. The van der Waals surface area contributed by atoms with Crippen molar-refractivity contribution in [2.24, 2.45) is 0 Å². The first-order chi connectivity index (χ1) is 11.4. The van der Waals surface area contributed by atoms with E-state index in [0.717, 1.165) is 28.5 Å². The molecule has 23 heavy (non-hydrogen) atoms. The zero-order valence-electron chi connectivity index (χ0n) is 12.8. The van der Waals surface area contributed by atoms with Gasteiger partial charge in [-0.15, -0.1) is 0 Å². The maximum atomic E-state index is 5.75. The van der Waals surface area contributed by atoms with Gasteiger partial charge in [0.2, 0.25) is 0 Å². The second-order valence-corrected chi connectivity index (χ2v) is 4.84. The summed E-state index contributed by atoms with van der Waals surface area (Å²) in [6, 6.07) is 15.2. The molecular formula is C18H17N3O2. The summed E-state index contributed by atoms with van der Waals surface area (Å²) >= 11 is 0. The van der Waals surface area contributed by atoms with Crippen molar-refractivity contribution < 1.29 is 9.47 Å². The summed E-state index contributed by atoms with van der Waals surface area (Å²) in [5.41, 5.74) is 3.09. The van der Waals surface area contributed by atoms with E-state index in [1.54, 1.807) is 19.5 Å². The number of rotatable bonds is 6. The smallest absolute Gasteiger partial charge is 0.123 e. The molecule has 116 valence electrons. The van der Waals surface area contributed by atoms with Crippen molar-refractivity contribution in [1.29, 1.82) is 0 Å². The molecule has 0 spiro atoms. The standard InChI is InChI=1S/C18H17N3O2/c1-22-10-11-23-14-12-17(15-6-2-4-8-19-15)21-18(13-14)16-7-3-5-9-20-16/h2-9,12-13H,10-11H2,1H3. The Bertz CT molecular complexity index is 691. The second kappa shape index (κ2) is 7.47. The SMILES string of the molecule is COCCOc1cc(-c2ccccn2)nc(-c2ccccn2)c1. The highest BCUT2D eigenvalue weighted by atomic mass is 16.5. The van der Waals surface area contributed by atoms with E-state index in [-0.39, 0.29) is 0 Å². The molecule has 3 aromatic rings. The average Bonchev–Trinajstić information content (AvgIpc) is 2.63. The van der Waals surface area contributed by atoms with Crippen LogP contribution in [-0.4, -0.2) is 35.3 Å². The van der Waals surface area contributed by atoms with Gasteiger partial charge in [0, 0.05) is 31.6 Å². The predicted octanol–water partition coefficient (Wildman–Crippen LogP) is 3.23. The van der Waals surface area contributed by atoms with Gasteiger partial charge in [-0.1, -0.05) is 12.1 Å². The van der Waals surface area contributed by atoms with E-state index in [9.17, 15) is 0 Å². The van der Waals surface area contributed by atoms with Crippen LogP contribution in [0.1, 0.15) is 0 Å². The van der Waals surface area contributed by atoms with Gasteiger partial charge in [0.25, 0.3) is 0 Å². The molecular weight excluding hydrogens is 290 g/mol. The molecule has 0 aromatic carbocycles. The molecule has 0 N–H and O–H groups in total. The maximum Gasteiger partial charge on any atom is 0.123 e. The van der Waals surface area contributed by atoms with E-state index < -0.39 is 0 Å². The van der Waals surface area contributed by atoms with Crippen LogP contribution < -0.4 is 4.74 Å². The largest absolute Gasteiger partial charge is 0.491 e. The molecule has 0 saturated carbocycles. The lowest BCUT2D eigenvalue weighted by Gasteiger charge is -2.10. The number of nitrogens with zero attached hydrogens (tertiary/aromatic N) is 3. The fourth-order valence-corrected chi connectivity index (χ4v) is 2.12. The van der Waals surface area contributed by atoms with Crippen molar-refractivity contribution in [2.75, 3.05) is 20.3 Å². The summed E-state index contributed by atoms with van der Waals surface area (Å²) in [4.78, 5) is 13.4. The zero-order chi connectivity index (χ0) is 15.9. The van der Waals surface area contributed by atoms with Gasteiger partial charge in [-0.2, -0.15) is 0 Å². The van der Waals surface area contributed by atoms with E-state index in [1.165, 1.54) is 0 Å². The predicted molar refractivity (Wildman–Crippen MR) is 88.1 cm³/mol. The van der Waals surface area contributed by atoms with Crippen LogP contribution in [0.5, 0.6) is 5.75 Å². The third kappa shape index (κ3) is 3.90. The quantitative estimate of drug-likeness (QED) is 0.654. The van der Waals surface area contributed by atoms with Gasteiger partial charge in [-0.05, 0) is 24.3 Å². The number of methoxy groups -OCH3 is 1. The molecule has 0 aliphatic heterocycles. The molecule has 0 aliphatic carbocycles. The topological polar surface area (TPSA) is 57.1 Å². The van der Waals surface area contributed by atoms with Crippen molar-refractivity contribution in [3.63, 3.8) is 0 Å². The summed E-state index contributed by atoms with van der Waals surface area (Å²) in [6.45, 7) is 1.00. The van der Waals surface area contributed by atoms with Gasteiger partial charge in [0.1, 0.15) is 12.4 Å². The van der Waals surface area contributed by atoms with E-state index >= 15 is 0 Å². The Morgan fingerprint density at radius 3 is 1.87 bits per heavy atom. The Morgan fingerprint density at radius 2 is 1.39 bits per heavy atom. The first kappa shape index (κ1) is 15.1. The Kier molecular flexibility index (Phi) is 4.91. The molecule has 3 heterocycles. The molecule has 3 aromatic heterocycles. The minimum absolute atomic E-state index is 0.476. The number of ether oxygens (including phenoxy) is 2. The molecule has 0 radical (unpaired) electrons. The third-order valence-corrected chi connectivity index (χ3v) is 3.21. The lowest BCUT2D eigenvalue weighted by Crippen LogP contribution is -2.05. The van der Waals surface area contributed by atoms with Crippen molar-refractivity contribution in [2.45, 2.75) is 0 Å². The molecule has 5 nitrogen and oxygen atoms in total. The first-order valence-corrected chi connectivity index (χ1v) is 7.33. The van der Waals surface area contributed by atoms with Gasteiger partial charge >= 0.3 is 0 Å². The van der Waals surface area contributed by atoms with Gasteiger partial charge in [0.15, 0.2) is 0 Å². The maximum absolute atomic E-state index is 5.75. The van der Waals surface area contributed by atoms with E-state index in [1.807, 2.05) is 48.5 Å². The van der Waals surface area contributed by atoms with Crippen LogP contribution in [0.4, 0.5) is 0 Å². The summed E-state index contributed by atoms with van der Waals surface area (Å²) in [6.07, 6.45) is 3.49. The highest BCUT2D eigenvalue weighted by Gasteiger charge is 2.09. The lowest BCUT2D eigenvalue weighted by atomic mass is 10.2. The van der Waals surface area contributed by atoms with E-state index in [0.29, 0.717) is 13.2 Å². The summed E-state index contributed by atoms with van der Waals surface area (Å²) < 4.78 is 10.8. The van der Waals surface area contributed by atoms with Crippen LogP contribution >= 0.6 is 0 Å². The van der Waals surface area contributed by atoms with Crippen molar-refractivity contribution in [1.82, 2.24) is 15.0 Å². The van der Waals surface area contributed by atoms with Crippen molar-refractivity contribution in [3.05, 3.63) is 60.9 Å². The van der Waals surface area contributed by atoms with Gasteiger partial charge in [-0.25, -0.2) is 4.98 Å². The van der Waals surface area contributed by atoms with Crippen LogP contribution in [0, 0.1) is 0 Å². The zero-order valence-corrected chi connectivity index (χ0v) is 12.8. The minimum Gasteiger partial charge on any atom is -0.491 e. The van der Waals surface area contributed by atoms with Gasteiger partial charge in [0.05, 0.1) is 29.4 Å². The molecule has 5 heteroatoms. The third-order valence-electron chi connectivity index (χ3n) is 3.21. The van der Waals surface area contributed by atoms with Crippen molar-refractivity contribution in [3.8, 4) is 28.5 Å². The highest BCUT2D eigenvalue weighted by Crippen LogP contribution is 2.26. The van der Waals surface area contributed by atoms with Gasteiger partial charge in [-0.3, -0.25) is 9.97 Å². The molecule has 0 aliphatic rings. The molecule has 0 saturated heterocycles. The fraction of sp³-hybridized carbons (Fsp3) is 0.167.